The molecule has 1 atom stereocenters. The summed E-state index contributed by atoms with van der Waals surface area (Å²) in [5.74, 6) is 0.904. The van der Waals surface area contributed by atoms with Crippen LogP contribution in [0, 0.1) is 0 Å². The molecule has 7 aromatic carbocycles. The summed E-state index contributed by atoms with van der Waals surface area (Å²) >= 11 is 0. The van der Waals surface area contributed by atoms with E-state index in [-0.39, 0.29) is 5.92 Å². The molecule has 1 aliphatic rings. The van der Waals surface area contributed by atoms with Crippen LogP contribution >= 0.6 is 0 Å². The topological polar surface area (TPSA) is 26.0 Å². The minimum absolute atomic E-state index is 0.289. The van der Waals surface area contributed by atoms with Crippen molar-refractivity contribution in [3.8, 4) is 56.0 Å². The molecule has 0 saturated heterocycles. The minimum atomic E-state index is 0.289. The van der Waals surface area contributed by atoms with Crippen LogP contribution in [0.5, 0.6) is 0 Å². The number of hydrogen-bond donors (Lipinski definition) is 0. The molecule has 1 unspecified atom stereocenters. The molecule has 2 heteroatoms. The summed E-state index contributed by atoms with van der Waals surface area (Å²) < 4.78 is 6.75. The molecule has 0 bridgehead atoms. The van der Waals surface area contributed by atoms with Gasteiger partial charge in [-0.1, -0.05) is 164 Å². The molecular formula is C49H35NO. The Morgan fingerprint density at radius 3 is 1.75 bits per heavy atom. The van der Waals surface area contributed by atoms with E-state index in [1.54, 1.807) is 0 Å². The quantitative estimate of drug-likeness (QED) is 0.171. The zero-order valence-corrected chi connectivity index (χ0v) is 28.1. The van der Waals surface area contributed by atoms with Crippen LogP contribution in [-0.2, 0) is 0 Å². The summed E-state index contributed by atoms with van der Waals surface area (Å²) in [6.07, 6.45) is 7.63. The summed E-state index contributed by atoms with van der Waals surface area (Å²) in [6, 6.07) is 62.2. The standard InChI is InChI=1S/C49H35NO/c1-5-15-34(16-6-1)38-23-13-25-40(29-38)43-32-46(41-26-14-24-39(30-41)35-17-7-2-8-18-35)48-47(33-43)51-49(50-48)42-27-28-44(36-19-9-3-10-20-36)45(31-42)37-21-11-4-12-22-37/h1-29,31-33,39H,30H2. The van der Waals surface area contributed by atoms with Crippen molar-refractivity contribution in [1.29, 1.82) is 0 Å². The predicted molar refractivity (Wildman–Crippen MR) is 212 cm³/mol. The van der Waals surface area contributed by atoms with Crippen LogP contribution in [0.15, 0.2) is 199 Å². The molecule has 0 N–H and O–H groups in total. The molecule has 0 fully saturated rings. The Morgan fingerprint density at radius 1 is 0.451 bits per heavy atom. The number of hydrogen-bond acceptors (Lipinski definition) is 2. The Morgan fingerprint density at radius 2 is 1.04 bits per heavy atom. The lowest BCUT2D eigenvalue weighted by Crippen LogP contribution is -2.01. The first-order valence-electron chi connectivity index (χ1n) is 17.6. The van der Waals surface area contributed by atoms with Gasteiger partial charge in [-0.25, -0.2) is 4.98 Å². The lowest BCUT2D eigenvalue weighted by Gasteiger charge is -2.20. The molecule has 242 valence electrons. The number of rotatable bonds is 7. The second-order valence-electron chi connectivity index (χ2n) is 13.1. The van der Waals surface area contributed by atoms with E-state index in [2.05, 4.69) is 194 Å². The lowest BCUT2D eigenvalue weighted by atomic mass is 9.84. The van der Waals surface area contributed by atoms with Crippen molar-refractivity contribution in [3.05, 3.63) is 205 Å². The molecule has 0 radical (unpaired) electrons. The van der Waals surface area contributed by atoms with Crippen LogP contribution in [0.2, 0.25) is 0 Å². The SMILES string of the molecule is C1=CC(c2ccccc2)CC(c2cc(-c3cccc(-c4ccccc4)c3)cc3oc(-c4ccc(-c5ccccc5)c(-c5ccccc5)c4)nc23)=C1. The highest BCUT2D eigenvalue weighted by Gasteiger charge is 2.22. The predicted octanol–water partition coefficient (Wildman–Crippen LogP) is 13.3. The maximum atomic E-state index is 6.75. The molecule has 51 heavy (non-hydrogen) atoms. The zero-order chi connectivity index (χ0) is 34.0. The van der Waals surface area contributed by atoms with Gasteiger partial charge in [0.1, 0.15) is 5.52 Å². The third-order valence-electron chi connectivity index (χ3n) is 9.89. The fourth-order valence-corrected chi connectivity index (χ4v) is 7.28. The number of fused-ring (bicyclic) bond motifs is 1. The summed E-state index contributed by atoms with van der Waals surface area (Å²) in [7, 11) is 0. The van der Waals surface area contributed by atoms with E-state index in [1.807, 2.05) is 0 Å². The summed E-state index contributed by atoms with van der Waals surface area (Å²) in [6.45, 7) is 0. The number of oxazole rings is 1. The van der Waals surface area contributed by atoms with Gasteiger partial charge in [-0.05, 0) is 92.4 Å². The Kier molecular flexibility index (Phi) is 8.04. The Labute approximate surface area is 298 Å². The lowest BCUT2D eigenvalue weighted by molar-refractivity contribution is 0.620. The number of nitrogens with zero attached hydrogens (tertiary/aromatic N) is 1. The van der Waals surface area contributed by atoms with Crippen LogP contribution in [0.3, 0.4) is 0 Å². The molecule has 0 saturated carbocycles. The fourth-order valence-electron chi connectivity index (χ4n) is 7.28. The monoisotopic (exact) mass is 653 g/mol. The van der Waals surface area contributed by atoms with Crippen molar-refractivity contribution in [1.82, 2.24) is 4.98 Å². The van der Waals surface area contributed by atoms with Gasteiger partial charge in [0.2, 0.25) is 5.89 Å². The van der Waals surface area contributed by atoms with Gasteiger partial charge in [-0.3, -0.25) is 0 Å². The highest BCUT2D eigenvalue weighted by atomic mass is 16.3. The van der Waals surface area contributed by atoms with Crippen molar-refractivity contribution in [3.63, 3.8) is 0 Å². The number of benzene rings is 7. The van der Waals surface area contributed by atoms with Gasteiger partial charge in [0.15, 0.2) is 5.58 Å². The van der Waals surface area contributed by atoms with Crippen LogP contribution < -0.4 is 0 Å². The van der Waals surface area contributed by atoms with E-state index in [1.165, 1.54) is 33.4 Å². The molecule has 8 aromatic rings. The highest BCUT2D eigenvalue weighted by molar-refractivity contribution is 5.95. The second-order valence-corrected chi connectivity index (χ2v) is 13.1. The Bertz CT molecular complexity index is 2530. The van der Waals surface area contributed by atoms with Gasteiger partial charge in [0.05, 0.1) is 0 Å². The molecule has 1 aromatic heterocycles. The van der Waals surface area contributed by atoms with Gasteiger partial charge in [-0.15, -0.1) is 0 Å². The molecule has 0 amide bonds. The molecule has 0 spiro atoms. The van der Waals surface area contributed by atoms with Gasteiger partial charge in [0.25, 0.3) is 0 Å². The van der Waals surface area contributed by atoms with Gasteiger partial charge in [-0.2, -0.15) is 0 Å². The normalized spacial score (nSPS) is 14.0. The number of allylic oxidation sites excluding steroid dienone is 4. The van der Waals surface area contributed by atoms with Crippen LogP contribution in [-0.4, -0.2) is 4.98 Å². The van der Waals surface area contributed by atoms with Crippen LogP contribution in [0.25, 0.3) is 72.6 Å². The fraction of sp³-hybridized carbons (Fsp3) is 0.0408. The van der Waals surface area contributed by atoms with E-state index in [9.17, 15) is 0 Å². The van der Waals surface area contributed by atoms with E-state index in [4.69, 9.17) is 9.40 Å². The van der Waals surface area contributed by atoms with Gasteiger partial charge < -0.3 is 4.42 Å². The van der Waals surface area contributed by atoms with Crippen molar-refractivity contribution >= 4 is 16.7 Å². The van der Waals surface area contributed by atoms with Crippen LogP contribution in [0.1, 0.15) is 23.5 Å². The van der Waals surface area contributed by atoms with E-state index < -0.39 is 0 Å². The van der Waals surface area contributed by atoms with E-state index in [0.29, 0.717) is 5.89 Å². The third-order valence-corrected chi connectivity index (χ3v) is 9.89. The number of aromatic nitrogens is 1. The van der Waals surface area contributed by atoms with Crippen LogP contribution in [0.4, 0.5) is 0 Å². The Balaban J connectivity index is 1.19. The largest absolute Gasteiger partial charge is 0.436 e. The maximum absolute atomic E-state index is 6.75. The summed E-state index contributed by atoms with van der Waals surface area (Å²) in [5.41, 5.74) is 15.6. The first-order valence-corrected chi connectivity index (χ1v) is 17.6. The summed E-state index contributed by atoms with van der Waals surface area (Å²) in [5, 5.41) is 0. The van der Waals surface area contributed by atoms with Crippen molar-refractivity contribution < 1.29 is 4.42 Å². The van der Waals surface area contributed by atoms with Gasteiger partial charge in [0, 0.05) is 17.0 Å². The third kappa shape index (κ3) is 6.13. The second kappa shape index (κ2) is 13.4. The van der Waals surface area contributed by atoms with Crippen molar-refractivity contribution in [2.24, 2.45) is 0 Å². The zero-order valence-electron chi connectivity index (χ0n) is 28.1. The highest BCUT2D eigenvalue weighted by Crippen LogP contribution is 2.41. The summed E-state index contributed by atoms with van der Waals surface area (Å²) in [4.78, 5) is 5.26. The maximum Gasteiger partial charge on any atom is 0.227 e. The molecular weight excluding hydrogens is 619 g/mol. The molecule has 9 rings (SSSR count). The molecule has 2 nitrogen and oxygen atoms in total. The average molecular weight is 654 g/mol. The first-order chi connectivity index (χ1) is 25.3. The molecule has 1 aliphatic carbocycles. The van der Waals surface area contributed by atoms with E-state index in [0.717, 1.165) is 50.9 Å². The minimum Gasteiger partial charge on any atom is -0.436 e. The average Bonchev–Trinajstić information content (AvgIpc) is 3.66. The van der Waals surface area contributed by atoms with E-state index >= 15 is 0 Å². The smallest absolute Gasteiger partial charge is 0.227 e. The van der Waals surface area contributed by atoms with Gasteiger partial charge >= 0.3 is 0 Å². The molecule has 1 heterocycles. The van der Waals surface area contributed by atoms with Crippen molar-refractivity contribution in [2.45, 2.75) is 12.3 Å². The Hall–Kier alpha value is -6.51. The molecule has 0 aliphatic heterocycles. The van der Waals surface area contributed by atoms with Crippen molar-refractivity contribution in [2.75, 3.05) is 0 Å². The first kappa shape index (κ1) is 30.5.